The fourth-order valence-electron chi connectivity index (χ4n) is 4.03. The summed E-state index contributed by atoms with van der Waals surface area (Å²) in [7, 11) is 0. The molecule has 0 saturated carbocycles. The maximum Gasteiger partial charge on any atom is 0.198 e. The molecule has 2 aromatic heterocycles. The predicted molar refractivity (Wildman–Crippen MR) is 115 cm³/mol. The zero-order valence-electron chi connectivity index (χ0n) is 15.1. The first-order valence-corrected chi connectivity index (χ1v) is 10.5. The molecule has 0 radical (unpaired) electrons. The van der Waals surface area contributed by atoms with E-state index >= 15 is 0 Å². The number of rotatable bonds is 3. The standard InChI is InChI=1S/C20H18BrClN6/c21-15-11-14-17(12-16(15)22)28(13-7-3-1-4-8-13)19(20-23-25-26-24-20)18(14)27-9-5-2-6-10-27/h1,3-4,7-8,11-12H,2,5-6,9-10H2,(H,23,24,25,26). The van der Waals surface area contributed by atoms with Crippen LogP contribution in [0.25, 0.3) is 28.1 Å². The van der Waals surface area contributed by atoms with E-state index in [-0.39, 0.29) is 0 Å². The van der Waals surface area contributed by atoms with Crippen molar-refractivity contribution >= 4 is 44.1 Å². The maximum absolute atomic E-state index is 6.50. The third-order valence-corrected chi connectivity index (χ3v) is 6.44. The van der Waals surface area contributed by atoms with Gasteiger partial charge in [-0.3, -0.25) is 0 Å². The van der Waals surface area contributed by atoms with Crippen molar-refractivity contribution in [2.24, 2.45) is 0 Å². The third-order valence-electron chi connectivity index (χ3n) is 5.24. The number of H-pyrrole nitrogens is 1. The molecule has 142 valence electrons. The number of hydrogen-bond donors (Lipinski definition) is 1. The number of aromatic amines is 1. The van der Waals surface area contributed by atoms with Gasteiger partial charge in [-0.2, -0.15) is 0 Å². The Morgan fingerprint density at radius 1 is 1.04 bits per heavy atom. The molecule has 1 aliphatic rings. The molecule has 0 atom stereocenters. The van der Waals surface area contributed by atoms with E-state index in [0.717, 1.165) is 45.5 Å². The molecule has 0 aliphatic carbocycles. The van der Waals surface area contributed by atoms with Crippen LogP contribution < -0.4 is 4.90 Å². The second kappa shape index (κ2) is 7.22. The Morgan fingerprint density at radius 2 is 1.82 bits per heavy atom. The van der Waals surface area contributed by atoms with Crippen LogP contribution in [0.1, 0.15) is 19.3 Å². The summed E-state index contributed by atoms with van der Waals surface area (Å²) in [6.07, 6.45) is 3.63. The van der Waals surface area contributed by atoms with Crippen LogP contribution in [0.2, 0.25) is 5.02 Å². The molecule has 1 aliphatic heterocycles. The van der Waals surface area contributed by atoms with Crippen LogP contribution in [0, 0.1) is 0 Å². The average molecular weight is 458 g/mol. The van der Waals surface area contributed by atoms with Crippen LogP contribution in [0.3, 0.4) is 0 Å². The largest absolute Gasteiger partial charge is 0.369 e. The molecule has 28 heavy (non-hydrogen) atoms. The minimum atomic E-state index is 0.646. The first-order valence-electron chi connectivity index (χ1n) is 9.32. The van der Waals surface area contributed by atoms with E-state index in [1.165, 1.54) is 19.3 Å². The lowest BCUT2D eigenvalue weighted by Crippen LogP contribution is -2.29. The number of aromatic nitrogens is 5. The second-order valence-corrected chi connectivity index (χ2v) is 8.21. The Kier molecular flexibility index (Phi) is 4.56. The summed E-state index contributed by atoms with van der Waals surface area (Å²) >= 11 is 10.1. The predicted octanol–water partition coefficient (Wildman–Crippen LogP) is 5.22. The van der Waals surface area contributed by atoms with Gasteiger partial charge in [0.05, 0.1) is 16.2 Å². The van der Waals surface area contributed by atoms with Crippen LogP contribution in [0.15, 0.2) is 46.9 Å². The molecule has 0 unspecified atom stereocenters. The lowest BCUT2D eigenvalue weighted by Gasteiger charge is -2.29. The monoisotopic (exact) mass is 456 g/mol. The van der Waals surface area contributed by atoms with Crippen LogP contribution in [0.5, 0.6) is 0 Å². The molecule has 1 N–H and O–H groups in total. The topological polar surface area (TPSA) is 62.6 Å². The number of halogens is 2. The van der Waals surface area contributed by atoms with Gasteiger partial charge in [-0.25, -0.2) is 5.10 Å². The molecule has 3 heterocycles. The molecule has 0 bridgehead atoms. The average Bonchev–Trinajstić information content (AvgIpc) is 3.36. The lowest BCUT2D eigenvalue weighted by atomic mass is 10.1. The SMILES string of the molecule is Clc1cc2c(cc1Br)c(N1CCCCC1)c(-c1nnn[nH]1)n2-c1ccccc1. The van der Waals surface area contributed by atoms with Gasteiger partial charge < -0.3 is 9.47 Å². The van der Waals surface area contributed by atoms with Gasteiger partial charge >= 0.3 is 0 Å². The number of nitrogens with one attached hydrogen (secondary N) is 1. The van der Waals surface area contributed by atoms with Crippen molar-refractivity contribution in [1.82, 2.24) is 25.2 Å². The number of fused-ring (bicyclic) bond motifs is 1. The number of tetrazole rings is 1. The zero-order chi connectivity index (χ0) is 19.1. The summed E-state index contributed by atoms with van der Waals surface area (Å²) in [6.45, 7) is 2.03. The fourth-order valence-corrected chi connectivity index (χ4v) is 4.53. The van der Waals surface area contributed by atoms with Gasteiger partial charge in [-0.05, 0) is 69.9 Å². The summed E-state index contributed by atoms with van der Waals surface area (Å²) in [5.74, 6) is 0.646. The Bertz CT molecular complexity index is 1120. The number of benzene rings is 2. The highest BCUT2D eigenvalue weighted by molar-refractivity contribution is 9.10. The Morgan fingerprint density at radius 3 is 2.54 bits per heavy atom. The van der Waals surface area contributed by atoms with Crippen molar-refractivity contribution in [3.63, 3.8) is 0 Å². The van der Waals surface area contributed by atoms with E-state index in [4.69, 9.17) is 11.6 Å². The molecule has 5 rings (SSSR count). The number of para-hydroxylation sites is 1. The van der Waals surface area contributed by atoms with Crippen molar-refractivity contribution in [2.45, 2.75) is 19.3 Å². The van der Waals surface area contributed by atoms with Crippen molar-refractivity contribution < 1.29 is 0 Å². The van der Waals surface area contributed by atoms with Gasteiger partial charge in [0.2, 0.25) is 0 Å². The van der Waals surface area contributed by atoms with Gasteiger partial charge in [0.15, 0.2) is 5.82 Å². The number of anilines is 1. The molecule has 8 heteroatoms. The fraction of sp³-hybridized carbons (Fsp3) is 0.250. The summed E-state index contributed by atoms with van der Waals surface area (Å²) in [6, 6.07) is 14.4. The highest BCUT2D eigenvalue weighted by atomic mass is 79.9. The summed E-state index contributed by atoms with van der Waals surface area (Å²) in [5, 5.41) is 16.7. The number of nitrogens with zero attached hydrogens (tertiary/aromatic N) is 5. The Labute approximate surface area is 175 Å². The van der Waals surface area contributed by atoms with Crippen molar-refractivity contribution in [3.05, 3.63) is 52.0 Å². The summed E-state index contributed by atoms with van der Waals surface area (Å²) in [4.78, 5) is 2.45. The van der Waals surface area contributed by atoms with Crippen molar-refractivity contribution in [3.8, 4) is 17.2 Å². The van der Waals surface area contributed by atoms with E-state index < -0.39 is 0 Å². The van der Waals surface area contributed by atoms with E-state index in [1.54, 1.807) is 0 Å². The first-order chi connectivity index (χ1) is 13.7. The minimum Gasteiger partial charge on any atom is -0.369 e. The van der Waals surface area contributed by atoms with Gasteiger partial charge in [0.25, 0.3) is 0 Å². The van der Waals surface area contributed by atoms with Crippen molar-refractivity contribution in [2.75, 3.05) is 18.0 Å². The molecule has 1 saturated heterocycles. The summed E-state index contributed by atoms with van der Waals surface area (Å²) < 4.78 is 3.08. The molecular weight excluding hydrogens is 440 g/mol. The highest BCUT2D eigenvalue weighted by Gasteiger charge is 2.27. The third kappa shape index (κ3) is 2.89. The number of piperidine rings is 1. The van der Waals surface area contributed by atoms with Crippen LogP contribution in [-0.4, -0.2) is 38.3 Å². The smallest absolute Gasteiger partial charge is 0.198 e. The molecule has 4 aromatic rings. The molecule has 2 aromatic carbocycles. The quantitative estimate of drug-likeness (QED) is 0.458. The first kappa shape index (κ1) is 17.7. The van der Waals surface area contributed by atoms with Gasteiger partial charge in [-0.1, -0.05) is 29.8 Å². The van der Waals surface area contributed by atoms with Gasteiger partial charge in [0.1, 0.15) is 5.69 Å². The Balaban J connectivity index is 1.90. The molecule has 0 amide bonds. The molecule has 1 fully saturated rings. The maximum atomic E-state index is 6.50. The molecular formula is C20H18BrClN6. The molecule has 6 nitrogen and oxygen atoms in total. The lowest BCUT2D eigenvalue weighted by molar-refractivity contribution is 0.579. The van der Waals surface area contributed by atoms with E-state index in [1.807, 2.05) is 24.3 Å². The van der Waals surface area contributed by atoms with E-state index in [0.29, 0.717) is 10.8 Å². The van der Waals surface area contributed by atoms with Crippen LogP contribution in [0.4, 0.5) is 5.69 Å². The van der Waals surface area contributed by atoms with Gasteiger partial charge in [-0.15, -0.1) is 5.10 Å². The number of hydrogen-bond acceptors (Lipinski definition) is 4. The zero-order valence-corrected chi connectivity index (χ0v) is 17.4. The van der Waals surface area contributed by atoms with E-state index in [2.05, 4.69) is 64.2 Å². The Hall–Kier alpha value is -2.38. The second-order valence-electron chi connectivity index (χ2n) is 6.95. The van der Waals surface area contributed by atoms with Crippen LogP contribution >= 0.6 is 27.5 Å². The minimum absolute atomic E-state index is 0.646. The summed E-state index contributed by atoms with van der Waals surface area (Å²) in [5.41, 5.74) is 4.18. The molecule has 0 spiro atoms. The highest BCUT2D eigenvalue weighted by Crippen LogP contribution is 2.44. The normalized spacial score (nSPS) is 14.7. The van der Waals surface area contributed by atoms with Crippen molar-refractivity contribution in [1.29, 1.82) is 0 Å². The van der Waals surface area contributed by atoms with E-state index in [9.17, 15) is 0 Å². The van der Waals surface area contributed by atoms with Crippen LogP contribution in [-0.2, 0) is 0 Å². The van der Waals surface area contributed by atoms with Gasteiger partial charge in [0, 0.05) is 28.6 Å².